The SMILES string of the molecule is CCNC[C@H]1O[C@H](C2[C@@H](N)C[C@@H](NC(=O)C3(O)CC(N)C3)[C@H](O[C@H]3O[C@H](CO)[C@@H](O)C[C@H]3O)[C@H]2O)[C@H](N)C[C@@H]1O. The van der Waals surface area contributed by atoms with Crippen LogP contribution in [0.25, 0.3) is 0 Å². The van der Waals surface area contributed by atoms with Crippen molar-refractivity contribution in [2.24, 2.45) is 23.1 Å². The van der Waals surface area contributed by atoms with E-state index in [9.17, 15) is 35.4 Å². The van der Waals surface area contributed by atoms with Crippen molar-refractivity contribution >= 4 is 5.91 Å². The zero-order chi connectivity index (χ0) is 29.4. The lowest BCUT2D eigenvalue weighted by Gasteiger charge is -2.51. The summed E-state index contributed by atoms with van der Waals surface area (Å²) in [4.78, 5) is 13.0. The summed E-state index contributed by atoms with van der Waals surface area (Å²) in [5.41, 5.74) is 17.1. The number of amides is 1. The molecule has 2 saturated carbocycles. The first-order chi connectivity index (χ1) is 18.9. The number of hydrogen-bond acceptors (Lipinski definition) is 14. The maximum atomic E-state index is 13.0. The molecule has 14 N–H and O–H groups in total. The van der Waals surface area contributed by atoms with E-state index in [-0.39, 0.29) is 38.1 Å². The lowest BCUT2D eigenvalue weighted by Crippen LogP contribution is -2.70. The predicted molar refractivity (Wildman–Crippen MR) is 139 cm³/mol. The Kier molecular flexibility index (Phi) is 10.4. The van der Waals surface area contributed by atoms with Crippen LogP contribution in [0.3, 0.4) is 0 Å². The molecule has 15 nitrogen and oxygen atoms in total. The first kappa shape index (κ1) is 31.9. The molecule has 0 aromatic carbocycles. The van der Waals surface area contributed by atoms with Gasteiger partial charge in [-0.2, -0.15) is 0 Å². The Labute approximate surface area is 233 Å². The molecular formula is C25H47N5O10. The molecule has 2 aliphatic heterocycles. The number of carbonyl (C=O) groups excluding carboxylic acids is 1. The summed E-state index contributed by atoms with van der Waals surface area (Å²) in [5.74, 6) is -1.47. The van der Waals surface area contributed by atoms with Crippen LogP contribution in [0, 0.1) is 5.92 Å². The molecular weight excluding hydrogens is 530 g/mol. The average molecular weight is 578 g/mol. The minimum atomic E-state index is -1.66. The van der Waals surface area contributed by atoms with E-state index in [2.05, 4.69) is 10.6 Å². The van der Waals surface area contributed by atoms with E-state index >= 15 is 0 Å². The maximum Gasteiger partial charge on any atom is 0.252 e. The number of nitrogens with one attached hydrogen (secondary N) is 2. The second kappa shape index (κ2) is 13.1. The third kappa shape index (κ3) is 6.62. The molecule has 1 unspecified atom stereocenters. The van der Waals surface area contributed by atoms with Crippen LogP contribution in [-0.2, 0) is 19.0 Å². The molecule has 2 heterocycles. The number of aliphatic hydroxyl groups is 6. The number of aliphatic hydroxyl groups excluding tert-OH is 5. The normalized spacial score (nSPS) is 49.8. The van der Waals surface area contributed by atoms with Gasteiger partial charge in [-0.1, -0.05) is 6.92 Å². The second-order valence-corrected chi connectivity index (χ2v) is 11.9. The fourth-order valence-corrected chi connectivity index (χ4v) is 6.46. The van der Waals surface area contributed by atoms with E-state index in [1.54, 1.807) is 0 Å². The van der Waals surface area contributed by atoms with Crippen LogP contribution >= 0.6 is 0 Å². The van der Waals surface area contributed by atoms with Crippen LogP contribution in [-0.4, -0.2) is 141 Å². The molecule has 0 aromatic rings. The molecule has 2 saturated heterocycles. The number of ether oxygens (including phenoxy) is 3. The fourth-order valence-electron chi connectivity index (χ4n) is 6.46. The smallest absolute Gasteiger partial charge is 0.252 e. The van der Waals surface area contributed by atoms with E-state index in [4.69, 9.17) is 31.4 Å². The van der Waals surface area contributed by atoms with Gasteiger partial charge in [0.15, 0.2) is 6.29 Å². The van der Waals surface area contributed by atoms with Crippen LogP contribution in [0.1, 0.15) is 39.0 Å². The molecule has 4 aliphatic rings. The molecule has 4 fully saturated rings. The topological polar surface area (TPSA) is 268 Å². The monoisotopic (exact) mass is 577 g/mol. The molecule has 15 heteroatoms. The van der Waals surface area contributed by atoms with E-state index in [0.29, 0.717) is 13.1 Å². The summed E-state index contributed by atoms with van der Waals surface area (Å²) in [5, 5.41) is 69.0. The van der Waals surface area contributed by atoms with Gasteiger partial charge in [0.05, 0.1) is 43.2 Å². The lowest BCUT2D eigenvalue weighted by atomic mass is 9.71. The Morgan fingerprint density at radius 1 is 0.975 bits per heavy atom. The van der Waals surface area contributed by atoms with Gasteiger partial charge in [-0.3, -0.25) is 4.79 Å². The summed E-state index contributed by atoms with van der Waals surface area (Å²) < 4.78 is 17.9. The molecule has 0 bridgehead atoms. The number of nitrogens with two attached hydrogens (primary N) is 3. The predicted octanol–water partition coefficient (Wildman–Crippen LogP) is -5.30. The maximum absolute atomic E-state index is 13.0. The number of likely N-dealkylation sites (N-methyl/N-ethyl adjacent to an activating group) is 1. The van der Waals surface area contributed by atoms with Gasteiger partial charge in [-0.05, 0) is 19.4 Å². The van der Waals surface area contributed by atoms with Crippen LogP contribution < -0.4 is 27.8 Å². The van der Waals surface area contributed by atoms with Gasteiger partial charge in [0.1, 0.15) is 23.9 Å². The van der Waals surface area contributed by atoms with Gasteiger partial charge < -0.3 is 72.7 Å². The summed E-state index contributed by atoms with van der Waals surface area (Å²) >= 11 is 0. The molecule has 2 aliphatic carbocycles. The number of carbonyl (C=O) groups is 1. The first-order valence-electron chi connectivity index (χ1n) is 14.2. The summed E-state index contributed by atoms with van der Waals surface area (Å²) in [7, 11) is 0. The Morgan fingerprint density at radius 3 is 2.27 bits per heavy atom. The summed E-state index contributed by atoms with van der Waals surface area (Å²) in [6.45, 7) is 2.43. The van der Waals surface area contributed by atoms with E-state index in [1.807, 2.05) is 6.92 Å². The first-order valence-corrected chi connectivity index (χ1v) is 14.2. The van der Waals surface area contributed by atoms with E-state index in [0.717, 1.165) is 0 Å². The molecule has 0 spiro atoms. The molecule has 4 rings (SSSR count). The minimum Gasteiger partial charge on any atom is -0.394 e. The Hall–Kier alpha value is -1.05. The van der Waals surface area contributed by atoms with Crippen LogP contribution in [0.15, 0.2) is 0 Å². The average Bonchev–Trinajstić information content (AvgIpc) is 2.87. The van der Waals surface area contributed by atoms with Crippen molar-refractivity contribution in [3.05, 3.63) is 0 Å². The molecule has 1 amide bonds. The van der Waals surface area contributed by atoms with Crippen LogP contribution in [0.2, 0.25) is 0 Å². The number of hydrogen-bond donors (Lipinski definition) is 11. The second-order valence-electron chi connectivity index (χ2n) is 11.9. The van der Waals surface area contributed by atoms with Crippen molar-refractivity contribution in [3.8, 4) is 0 Å². The van der Waals surface area contributed by atoms with Crippen molar-refractivity contribution in [2.45, 2.75) is 124 Å². The molecule has 0 radical (unpaired) electrons. The standard InChI is InChI=1S/C25H47N5O10/c1-2-29-8-17-14(32)4-12(28)21(38-17)19-11(27)3-13(30-24(36)25(37)6-10(26)7-25)22(20(19)35)40-23-16(34)5-15(33)18(9-31)39-23/h10-23,29,31-35,37H,2-9,26-28H2,1H3,(H,30,36)/t10?,11-,12+,13+,14-,15-,16+,17+,18+,19?,20-,21-,22-,23+,25?/m0/s1. The highest BCUT2D eigenvalue weighted by Gasteiger charge is 2.54. The van der Waals surface area contributed by atoms with Gasteiger partial charge in [-0.15, -0.1) is 0 Å². The van der Waals surface area contributed by atoms with Crippen molar-refractivity contribution in [3.63, 3.8) is 0 Å². The largest absolute Gasteiger partial charge is 0.394 e. The zero-order valence-electron chi connectivity index (χ0n) is 22.8. The van der Waals surface area contributed by atoms with Crippen molar-refractivity contribution in [1.29, 1.82) is 0 Å². The van der Waals surface area contributed by atoms with Gasteiger partial charge in [0.2, 0.25) is 0 Å². The lowest BCUT2D eigenvalue weighted by molar-refractivity contribution is -0.302. The van der Waals surface area contributed by atoms with Crippen molar-refractivity contribution in [1.82, 2.24) is 10.6 Å². The van der Waals surface area contributed by atoms with Gasteiger partial charge >= 0.3 is 0 Å². The van der Waals surface area contributed by atoms with Gasteiger partial charge in [0, 0.05) is 49.9 Å². The Morgan fingerprint density at radius 2 is 1.65 bits per heavy atom. The molecule has 13 atom stereocenters. The van der Waals surface area contributed by atoms with Crippen molar-refractivity contribution in [2.75, 3.05) is 19.7 Å². The Balaban J connectivity index is 1.57. The van der Waals surface area contributed by atoms with Crippen LogP contribution in [0.5, 0.6) is 0 Å². The highest BCUT2D eigenvalue weighted by Crippen LogP contribution is 2.38. The minimum absolute atomic E-state index is 0.0785. The quantitative estimate of drug-likeness (QED) is 0.122. The highest BCUT2D eigenvalue weighted by molar-refractivity contribution is 5.86. The molecule has 232 valence electrons. The van der Waals surface area contributed by atoms with Crippen LogP contribution in [0.4, 0.5) is 0 Å². The zero-order valence-corrected chi connectivity index (χ0v) is 22.8. The fraction of sp³-hybridized carbons (Fsp3) is 0.960. The van der Waals surface area contributed by atoms with Gasteiger partial charge in [-0.25, -0.2) is 0 Å². The molecule has 40 heavy (non-hydrogen) atoms. The third-order valence-electron chi connectivity index (χ3n) is 8.76. The number of rotatable bonds is 9. The van der Waals surface area contributed by atoms with E-state index in [1.165, 1.54) is 0 Å². The summed E-state index contributed by atoms with van der Waals surface area (Å²) in [6, 6.07) is -2.61. The highest BCUT2D eigenvalue weighted by atomic mass is 16.7. The van der Waals surface area contributed by atoms with Gasteiger partial charge in [0.25, 0.3) is 5.91 Å². The molecule has 0 aromatic heterocycles. The van der Waals surface area contributed by atoms with E-state index < -0.39 is 97.3 Å². The third-order valence-corrected chi connectivity index (χ3v) is 8.76. The summed E-state index contributed by atoms with van der Waals surface area (Å²) in [6.07, 6.45) is -9.21. The Bertz CT molecular complexity index is 853. The van der Waals surface area contributed by atoms with Crippen molar-refractivity contribution < 1.29 is 49.6 Å².